The van der Waals surface area contributed by atoms with Crippen molar-refractivity contribution in [3.05, 3.63) is 24.3 Å². The summed E-state index contributed by atoms with van der Waals surface area (Å²) in [4.78, 5) is 11.8. The van der Waals surface area contributed by atoms with Crippen LogP contribution in [0.5, 0.6) is 11.5 Å². The van der Waals surface area contributed by atoms with Crippen LogP contribution in [0.1, 0.15) is 67.2 Å². The molecule has 4 heteroatoms. The van der Waals surface area contributed by atoms with Gasteiger partial charge < -0.3 is 14.2 Å². The maximum Gasteiger partial charge on any atom is 0.306 e. The molecule has 0 aliphatic rings. The molecule has 0 spiro atoms. The number of hydrogen-bond acceptors (Lipinski definition) is 4. The Labute approximate surface area is 152 Å². The van der Waals surface area contributed by atoms with Gasteiger partial charge >= 0.3 is 5.97 Å². The zero-order valence-electron chi connectivity index (χ0n) is 16.6. The zero-order chi connectivity index (χ0) is 18.9. The second-order valence-corrected chi connectivity index (χ2v) is 7.52. The van der Waals surface area contributed by atoms with Gasteiger partial charge in [-0.3, -0.25) is 4.79 Å². The number of rotatable bonds is 10. The molecule has 1 aromatic carbocycles. The molecular formula is C21H34O4. The quantitative estimate of drug-likeness (QED) is 0.531. The van der Waals surface area contributed by atoms with Crippen LogP contribution in [0.25, 0.3) is 0 Å². The molecule has 0 bridgehead atoms. The summed E-state index contributed by atoms with van der Waals surface area (Å²) in [6, 6.07) is 7.69. The van der Waals surface area contributed by atoms with E-state index in [0.29, 0.717) is 18.8 Å². The van der Waals surface area contributed by atoms with Gasteiger partial charge in [0.2, 0.25) is 0 Å². The van der Waals surface area contributed by atoms with Gasteiger partial charge in [0.05, 0.1) is 12.7 Å². The molecule has 0 radical (unpaired) electrons. The highest BCUT2D eigenvalue weighted by molar-refractivity contribution is 5.69. The van der Waals surface area contributed by atoms with Crippen LogP contribution in [0.2, 0.25) is 0 Å². The number of hydrogen-bond donors (Lipinski definition) is 0. The molecule has 0 amide bonds. The standard InChI is InChI=1S/C21H34O4/c1-7-17(8-2)15-23-18-10-9-11-19(14-18)24-16(3)12-13-20(22)25-21(4,5)6/h9-11,14,16-17H,7-8,12-13,15H2,1-6H3/t16-/m0/s1. The van der Waals surface area contributed by atoms with Crippen molar-refractivity contribution in [2.45, 2.75) is 78.9 Å². The van der Waals surface area contributed by atoms with E-state index in [2.05, 4.69) is 13.8 Å². The van der Waals surface area contributed by atoms with Crippen molar-refractivity contribution in [3.8, 4) is 11.5 Å². The van der Waals surface area contributed by atoms with Gasteiger partial charge in [-0.1, -0.05) is 32.8 Å². The van der Waals surface area contributed by atoms with Gasteiger partial charge in [0.1, 0.15) is 17.1 Å². The van der Waals surface area contributed by atoms with Crippen LogP contribution >= 0.6 is 0 Å². The van der Waals surface area contributed by atoms with Crippen molar-refractivity contribution in [1.29, 1.82) is 0 Å². The van der Waals surface area contributed by atoms with Gasteiger partial charge in [0.25, 0.3) is 0 Å². The van der Waals surface area contributed by atoms with E-state index >= 15 is 0 Å². The first kappa shape index (κ1) is 21.3. The number of esters is 1. The van der Waals surface area contributed by atoms with Crippen molar-refractivity contribution in [2.24, 2.45) is 5.92 Å². The largest absolute Gasteiger partial charge is 0.493 e. The molecule has 0 saturated heterocycles. The monoisotopic (exact) mass is 350 g/mol. The first-order chi connectivity index (χ1) is 11.7. The molecule has 1 atom stereocenters. The molecule has 142 valence electrons. The summed E-state index contributed by atoms with van der Waals surface area (Å²) < 4.78 is 17.1. The van der Waals surface area contributed by atoms with Crippen molar-refractivity contribution >= 4 is 5.97 Å². The third kappa shape index (κ3) is 9.37. The fourth-order valence-corrected chi connectivity index (χ4v) is 2.38. The minimum absolute atomic E-state index is 0.0678. The van der Waals surface area contributed by atoms with E-state index in [1.807, 2.05) is 52.0 Å². The number of carbonyl (C=O) groups excluding carboxylic acids is 1. The average molecular weight is 350 g/mol. The second-order valence-electron chi connectivity index (χ2n) is 7.52. The summed E-state index contributed by atoms with van der Waals surface area (Å²) in [7, 11) is 0. The van der Waals surface area contributed by atoms with Crippen LogP contribution in [-0.2, 0) is 9.53 Å². The summed E-state index contributed by atoms with van der Waals surface area (Å²) in [5.74, 6) is 1.98. The van der Waals surface area contributed by atoms with Crippen LogP contribution in [-0.4, -0.2) is 24.3 Å². The fourth-order valence-electron chi connectivity index (χ4n) is 2.38. The van der Waals surface area contributed by atoms with Crippen molar-refractivity contribution < 1.29 is 19.0 Å². The smallest absolute Gasteiger partial charge is 0.306 e. The minimum atomic E-state index is -0.443. The third-order valence-corrected chi connectivity index (χ3v) is 3.96. The Morgan fingerprint density at radius 3 is 2.36 bits per heavy atom. The summed E-state index contributed by atoms with van der Waals surface area (Å²) in [5, 5.41) is 0. The van der Waals surface area contributed by atoms with Gasteiger partial charge in [-0.05, 0) is 52.2 Å². The molecule has 0 fully saturated rings. The summed E-state index contributed by atoms with van der Waals surface area (Å²) in [6.45, 7) is 12.7. The van der Waals surface area contributed by atoms with Crippen LogP contribution in [0, 0.1) is 5.92 Å². The van der Waals surface area contributed by atoms with Crippen molar-refractivity contribution in [1.82, 2.24) is 0 Å². The molecule has 0 aromatic heterocycles. The summed E-state index contributed by atoms with van der Waals surface area (Å²) in [6.07, 6.45) is 3.14. The maximum atomic E-state index is 11.8. The number of ether oxygens (including phenoxy) is 3. The lowest BCUT2D eigenvalue weighted by molar-refractivity contribution is -0.155. The molecular weight excluding hydrogens is 316 g/mol. The highest BCUT2D eigenvalue weighted by Crippen LogP contribution is 2.22. The minimum Gasteiger partial charge on any atom is -0.493 e. The molecule has 0 aliphatic carbocycles. The highest BCUT2D eigenvalue weighted by Gasteiger charge is 2.17. The van der Waals surface area contributed by atoms with Crippen molar-refractivity contribution in [3.63, 3.8) is 0 Å². The lowest BCUT2D eigenvalue weighted by atomic mass is 10.1. The second kappa shape index (κ2) is 10.3. The first-order valence-corrected chi connectivity index (χ1v) is 9.34. The lowest BCUT2D eigenvalue weighted by Crippen LogP contribution is -2.25. The molecule has 0 heterocycles. The van der Waals surface area contributed by atoms with E-state index in [-0.39, 0.29) is 12.1 Å². The Balaban J connectivity index is 2.45. The average Bonchev–Trinajstić information content (AvgIpc) is 2.53. The van der Waals surface area contributed by atoms with Crippen LogP contribution in [0.4, 0.5) is 0 Å². The predicted molar refractivity (Wildman–Crippen MR) is 101 cm³/mol. The summed E-state index contributed by atoms with van der Waals surface area (Å²) in [5.41, 5.74) is -0.443. The Morgan fingerprint density at radius 2 is 1.76 bits per heavy atom. The van der Waals surface area contributed by atoms with Crippen LogP contribution in [0.15, 0.2) is 24.3 Å². The van der Waals surface area contributed by atoms with Crippen LogP contribution < -0.4 is 9.47 Å². The normalized spacial score (nSPS) is 12.8. The predicted octanol–water partition coefficient (Wildman–Crippen LogP) is 5.39. The highest BCUT2D eigenvalue weighted by atomic mass is 16.6. The number of benzene rings is 1. The van der Waals surface area contributed by atoms with Gasteiger partial charge in [0, 0.05) is 12.5 Å². The lowest BCUT2D eigenvalue weighted by Gasteiger charge is -2.20. The molecule has 0 aliphatic heterocycles. The molecule has 4 nitrogen and oxygen atoms in total. The van der Waals surface area contributed by atoms with Crippen molar-refractivity contribution in [2.75, 3.05) is 6.61 Å². The van der Waals surface area contributed by atoms with Gasteiger partial charge in [-0.15, -0.1) is 0 Å². The van der Waals surface area contributed by atoms with Gasteiger partial charge in [-0.2, -0.15) is 0 Å². The first-order valence-electron chi connectivity index (χ1n) is 9.34. The van der Waals surface area contributed by atoms with Crippen LogP contribution in [0.3, 0.4) is 0 Å². The molecule has 1 rings (SSSR count). The molecule has 0 unspecified atom stereocenters. The Bertz CT molecular complexity index is 515. The number of carbonyl (C=O) groups is 1. The zero-order valence-corrected chi connectivity index (χ0v) is 16.6. The van der Waals surface area contributed by atoms with Gasteiger partial charge in [0.15, 0.2) is 0 Å². The van der Waals surface area contributed by atoms with E-state index < -0.39 is 5.60 Å². The molecule has 25 heavy (non-hydrogen) atoms. The topological polar surface area (TPSA) is 44.8 Å². The van der Waals surface area contributed by atoms with E-state index in [1.54, 1.807) is 0 Å². The maximum absolute atomic E-state index is 11.8. The Hall–Kier alpha value is -1.71. The van der Waals surface area contributed by atoms with E-state index in [0.717, 1.165) is 30.9 Å². The summed E-state index contributed by atoms with van der Waals surface area (Å²) >= 11 is 0. The molecule has 0 saturated carbocycles. The van der Waals surface area contributed by atoms with E-state index in [1.165, 1.54) is 0 Å². The Morgan fingerprint density at radius 1 is 1.12 bits per heavy atom. The molecule has 1 aromatic rings. The third-order valence-electron chi connectivity index (χ3n) is 3.96. The van der Waals surface area contributed by atoms with E-state index in [9.17, 15) is 4.79 Å². The van der Waals surface area contributed by atoms with Gasteiger partial charge in [-0.25, -0.2) is 0 Å². The molecule has 0 N–H and O–H groups in total. The van der Waals surface area contributed by atoms with E-state index in [4.69, 9.17) is 14.2 Å². The Kier molecular flexibility index (Phi) is 8.81. The SMILES string of the molecule is CCC(CC)COc1cccc(O[C@@H](C)CCC(=O)OC(C)(C)C)c1. The fraction of sp³-hybridized carbons (Fsp3) is 0.667.